The van der Waals surface area contributed by atoms with Gasteiger partial charge in [0.15, 0.2) is 11.5 Å². The van der Waals surface area contributed by atoms with Gasteiger partial charge in [-0.15, -0.1) is 0 Å². The number of benzene rings is 1. The second kappa shape index (κ2) is 7.94. The molecule has 3 N–H and O–H groups in total. The van der Waals surface area contributed by atoms with Crippen molar-refractivity contribution in [1.29, 1.82) is 0 Å². The lowest BCUT2D eigenvalue weighted by atomic mass is 9.97. The fraction of sp³-hybridized carbons (Fsp3) is 0.611. The van der Waals surface area contributed by atoms with Gasteiger partial charge >= 0.3 is 5.97 Å². The lowest BCUT2D eigenvalue weighted by Gasteiger charge is -2.25. The molecule has 26 heavy (non-hydrogen) atoms. The van der Waals surface area contributed by atoms with Gasteiger partial charge < -0.3 is 15.2 Å². The van der Waals surface area contributed by atoms with Crippen molar-refractivity contribution in [3.63, 3.8) is 0 Å². The molecule has 0 aromatic heterocycles. The van der Waals surface area contributed by atoms with Gasteiger partial charge in [-0.3, -0.25) is 9.35 Å². The molecule has 0 fully saturated rings. The maximum Gasteiger partial charge on any atom is 0.316 e. The van der Waals surface area contributed by atoms with Crippen LogP contribution in [-0.2, 0) is 14.9 Å². The zero-order chi connectivity index (χ0) is 20.3. The number of rotatable bonds is 6. The summed E-state index contributed by atoms with van der Waals surface area (Å²) in [6.45, 7) is 11.2. The highest BCUT2D eigenvalue weighted by molar-refractivity contribution is 7.85. The van der Waals surface area contributed by atoms with Crippen LogP contribution in [0.15, 0.2) is 18.2 Å². The van der Waals surface area contributed by atoms with Crippen LogP contribution < -0.4 is 10.1 Å². The molecule has 0 saturated heterocycles. The molecular formula is C18H29NO6S. The van der Waals surface area contributed by atoms with Crippen molar-refractivity contribution in [2.75, 3.05) is 12.3 Å². The van der Waals surface area contributed by atoms with E-state index in [1.165, 1.54) is 12.1 Å². The number of esters is 1. The number of carbonyl (C=O) groups is 1. The van der Waals surface area contributed by atoms with Crippen LogP contribution in [0.4, 0.5) is 0 Å². The number of phenolic OH excluding ortho intramolecular Hbond substituents is 1. The summed E-state index contributed by atoms with van der Waals surface area (Å²) in [7, 11) is -4.21. The molecule has 0 aliphatic rings. The average molecular weight is 387 g/mol. The van der Waals surface area contributed by atoms with E-state index in [4.69, 9.17) is 4.74 Å². The van der Waals surface area contributed by atoms with Crippen LogP contribution in [0.5, 0.6) is 11.5 Å². The van der Waals surface area contributed by atoms with Crippen LogP contribution in [0.3, 0.4) is 0 Å². The molecule has 0 saturated carbocycles. The highest BCUT2D eigenvalue weighted by Gasteiger charge is 2.26. The van der Waals surface area contributed by atoms with Crippen LogP contribution in [0, 0.1) is 5.41 Å². The fourth-order valence-corrected chi connectivity index (χ4v) is 2.90. The lowest BCUT2D eigenvalue weighted by molar-refractivity contribution is -0.143. The lowest BCUT2D eigenvalue weighted by Crippen LogP contribution is -2.39. The van der Waals surface area contributed by atoms with Gasteiger partial charge in [0, 0.05) is 18.0 Å². The van der Waals surface area contributed by atoms with Gasteiger partial charge in [0.05, 0.1) is 11.2 Å². The van der Waals surface area contributed by atoms with Crippen LogP contribution in [0.2, 0.25) is 0 Å². The first kappa shape index (κ1) is 22.4. The molecule has 0 heterocycles. The van der Waals surface area contributed by atoms with Gasteiger partial charge in [-0.1, -0.05) is 6.07 Å². The van der Waals surface area contributed by atoms with Gasteiger partial charge in [0.25, 0.3) is 10.1 Å². The van der Waals surface area contributed by atoms with Crippen molar-refractivity contribution in [3.05, 3.63) is 23.8 Å². The number of carbonyl (C=O) groups excluding carboxylic acids is 1. The number of hydrogen-bond donors (Lipinski definition) is 3. The predicted molar refractivity (Wildman–Crippen MR) is 100 cm³/mol. The van der Waals surface area contributed by atoms with Crippen LogP contribution in [0.1, 0.15) is 53.0 Å². The SMILES string of the molecule is CC(C)(C)NCC(CS(=O)(=O)O)c1ccc(OC(=O)C(C)(C)C)c(O)c1. The van der Waals surface area contributed by atoms with E-state index in [1.807, 2.05) is 20.8 Å². The summed E-state index contributed by atoms with van der Waals surface area (Å²) in [4.78, 5) is 11.9. The standard InChI is InChI=1S/C18H29NO6S/c1-17(2,3)16(21)25-15-8-7-12(9-14(15)20)13(11-26(22,23)24)10-19-18(4,5)6/h7-9,13,19-20H,10-11H2,1-6H3,(H,22,23,24). The van der Waals surface area contributed by atoms with Gasteiger partial charge in [0.1, 0.15) is 0 Å². The first-order valence-corrected chi connectivity index (χ1v) is 9.95. The Kier molecular flexibility index (Phi) is 6.84. The molecule has 7 nitrogen and oxygen atoms in total. The number of phenols is 1. The first-order valence-electron chi connectivity index (χ1n) is 8.34. The molecule has 148 valence electrons. The summed E-state index contributed by atoms with van der Waals surface area (Å²) >= 11 is 0. The van der Waals surface area contributed by atoms with Crippen molar-refractivity contribution >= 4 is 16.1 Å². The third-order valence-electron chi connectivity index (χ3n) is 3.56. The predicted octanol–water partition coefficient (Wildman–Crippen LogP) is 2.70. The Labute approximate surface area is 155 Å². The number of hydrogen-bond acceptors (Lipinski definition) is 6. The molecule has 0 bridgehead atoms. The Bertz CT molecular complexity index is 744. The molecule has 0 radical (unpaired) electrons. The van der Waals surface area contributed by atoms with Gasteiger partial charge in [0.2, 0.25) is 0 Å². The third kappa shape index (κ3) is 7.72. The molecule has 0 aliphatic heterocycles. The summed E-state index contributed by atoms with van der Waals surface area (Å²) in [5.74, 6) is -1.83. The third-order valence-corrected chi connectivity index (χ3v) is 4.38. The smallest absolute Gasteiger partial charge is 0.316 e. The van der Waals surface area contributed by atoms with Crippen molar-refractivity contribution in [2.24, 2.45) is 5.41 Å². The Morgan fingerprint density at radius 3 is 2.19 bits per heavy atom. The van der Waals surface area contributed by atoms with Crippen molar-refractivity contribution in [3.8, 4) is 11.5 Å². The Hall–Kier alpha value is -1.64. The van der Waals surface area contributed by atoms with Gasteiger partial charge in [-0.25, -0.2) is 0 Å². The molecule has 1 aromatic rings. The molecule has 1 atom stereocenters. The second-order valence-electron chi connectivity index (χ2n) is 8.44. The van der Waals surface area contributed by atoms with Crippen molar-refractivity contribution in [1.82, 2.24) is 5.32 Å². The van der Waals surface area contributed by atoms with Crippen molar-refractivity contribution in [2.45, 2.75) is 53.0 Å². The average Bonchev–Trinajstić information content (AvgIpc) is 2.42. The first-order chi connectivity index (χ1) is 11.6. The largest absolute Gasteiger partial charge is 0.504 e. The van der Waals surface area contributed by atoms with Crippen LogP contribution in [-0.4, -0.2) is 41.9 Å². The molecular weight excluding hydrogens is 358 g/mol. The Morgan fingerprint density at radius 1 is 1.19 bits per heavy atom. The molecule has 1 rings (SSSR count). The Balaban J connectivity index is 3.08. The maximum atomic E-state index is 11.9. The van der Waals surface area contributed by atoms with E-state index in [0.29, 0.717) is 5.56 Å². The van der Waals surface area contributed by atoms with Gasteiger partial charge in [-0.05, 0) is 59.2 Å². The molecule has 1 unspecified atom stereocenters. The van der Waals surface area contributed by atoms with E-state index >= 15 is 0 Å². The fourth-order valence-electron chi connectivity index (χ4n) is 2.08. The minimum Gasteiger partial charge on any atom is -0.504 e. The summed E-state index contributed by atoms with van der Waals surface area (Å²) in [5.41, 5.74) is -0.468. The van der Waals surface area contributed by atoms with Gasteiger partial charge in [-0.2, -0.15) is 8.42 Å². The van der Waals surface area contributed by atoms with E-state index < -0.39 is 33.2 Å². The molecule has 8 heteroatoms. The maximum absolute atomic E-state index is 11.9. The summed E-state index contributed by atoms with van der Waals surface area (Å²) in [6.07, 6.45) is 0. The van der Waals surface area contributed by atoms with E-state index in [2.05, 4.69) is 5.32 Å². The molecule has 1 aromatic carbocycles. The zero-order valence-corrected chi connectivity index (χ0v) is 17.0. The molecule has 0 aliphatic carbocycles. The van der Waals surface area contributed by atoms with Crippen molar-refractivity contribution < 1.29 is 27.6 Å². The summed E-state index contributed by atoms with van der Waals surface area (Å²) < 4.78 is 37.1. The zero-order valence-electron chi connectivity index (χ0n) is 16.2. The minimum absolute atomic E-state index is 0.00283. The van der Waals surface area contributed by atoms with Crippen LogP contribution >= 0.6 is 0 Å². The van der Waals surface area contributed by atoms with E-state index in [-0.39, 0.29) is 23.6 Å². The quantitative estimate of drug-likeness (QED) is 0.391. The normalized spacial score (nSPS) is 14.1. The summed E-state index contributed by atoms with van der Waals surface area (Å²) in [5, 5.41) is 13.4. The van der Waals surface area contributed by atoms with Crippen LogP contribution in [0.25, 0.3) is 0 Å². The Morgan fingerprint density at radius 2 is 1.77 bits per heavy atom. The number of aromatic hydroxyl groups is 1. The number of nitrogens with one attached hydrogen (secondary N) is 1. The number of ether oxygens (including phenoxy) is 1. The summed E-state index contributed by atoms with van der Waals surface area (Å²) in [6, 6.07) is 4.35. The van der Waals surface area contributed by atoms with E-state index in [0.717, 1.165) is 0 Å². The molecule has 0 amide bonds. The minimum atomic E-state index is -4.21. The van der Waals surface area contributed by atoms with E-state index in [9.17, 15) is 22.9 Å². The van der Waals surface area contributed by atoms with E-state index in [1.54, 1.807) is 26.8 Å². The monoisotopic (exact) mass is 387 g/mol. The highest BCUT2D eigenvalue weighted by atomic mass is 32.2. The second-order valence-corrected chi connectivity index (χ2v) is 9.94. The topological polar surface area (TPSA) is 113 Å². The highest BCUT2D eigenvalue weighted by Crippen LogP contribution is 2.32. The molecule has 0 spiro atoms.